The molecule has 1 aromatic rings. The SMILES string of the molecule is CCCNc1nccc(N2CCCN(C(C)=O)CC2)n1. The number of carbonyl (C=O) groups excluding carboxylic acids is 1. The third-order valence-electron chi connectivity index (χ3n) is 3.44. The predicted molar refractivity (Wildman–Crippen MR) is 79.9 cm³/mol. The minimum absolute atomic E-state index is 0.153. The zero-order valence-corrected chi connectivity index (χ0v) is 12.3. The topological polar surface area (TPSA) is 61.4 Å². The number of anilines is 2. The number of amides is 1. The lowest BCUT2D eigenvalue weighted by Crippen LogP contribution is -2.33. The Morgan fingerprint density at radius 3 is 2.95 bits per heavy atom. The molecule has 6 heteroatoms. The Bertz CT molecular complexity index is 451. The molecule has 1 aromatic heterocycles. The molecule has 0 bridgehead atoms. The largest absolute Gasteiger partial charge is 0.355 e. The standard InChI is InChI=1S/C14H23N5O/c1-3-6-15-14-16-7-5-13(17-14)19-9-4-8-18(10-11-19)12(2)20/h5,7H,3-4,6,8-11H2,1-2H3,(H,15,16,17). The molecule has 0 atom stereocenters. The fourth-order valence-electron chi connectivity index (χ4n) is 2.31. The Kier molecular flexibility index (Phi) is 5.15. The van der Waals surface area contributed by atoms with Gasteiger partial charge in [-0.3, -0.25) is 4.79 Å². The van der Waals surface area contributed by atoms with Crippen molar-refractivity contribution in [1.82, 2.24) is 14.9 Å². The van der Waals surface area contributed by atoms with Gasteiger partial charge >= 0.3 is 0 Å². The van der Waals surface area contributed by atoms with Crippen LogP contribution >= 0.6 is 0 Å². The Morgan fingerprint density at radius 1 is 1.35 bits per heavy atom. The molecule has 110 valence electrons. The van der Waals surface area contributed by atoms with Crippen LogP contribution in [0.2, 0.25) is 0 Å². The van der Waals surface area contributed by atoms with Crippen molar-refractivity contribution in [1.29, 1.82) is 0 Å². The fraction of sp³-hybridized carbons (Fsp3) is 0.643. The minimum Gasteiger partial charge on any atom is -0.355 e. The Morgan fingerprint density at radius 2 is 2.20 bits per heavy atom. The summed E-state index contributed by atoms with van der Waals surface area (Å²) in [5.74, 6) is 1.76. The Hall–Kier alpha value is -1.85. The normalized spacial score (nSPS) is 15.9. The van der Waals surface area contributed by atoms with Crippen LogP contribution in [0.15, 0.2) is 12.3 Å². The molecule has 0 saturated carbocycles. The molecule has 1 amide bonds. The molecule has 0 aromatic carbocycles. The lowest BCUT2D eigenvalue weighted by atomic mass is 10.3. The van der Waals surface area contributed by atoms with E-state index in [0.717, 1.165) is 51.4 Å². The summed E-state index contributed by atoms with van der Waals surface area (Å²) in [4.78, 5) is 24.3. The average Bonchev–Trinajstić information content (AvgIpc) is 2.71. The van der Waals surface area contributed by atoms with Gasteiger partial charge in [0.1, 0.15) is 5.82 Å². The molecule has 20 heavy (non-hydrogen) atoms. The van der Waals surface area contributed by atoms with Crippen molar-refractivity contribution < 1.29 is 4.79 Å². The zero-order valence-electron chi connectivity index (χ0n) is 12.3. The van der Waals surface area contributed by atoms with Gasteiger partial charge in [0, 0.05) is 45.8 Å². The molecule has 0 radical (unpaired) electrons. The highest BCUT2D eigenvalue weighted by Crippen LogP contribution is 2.15. The van der Waals surface area contributed by atoms with Crippen LogP contribution in [0.5, 0.6) is 0 Å². The van der Waals surface area contributed by atoms with E-state index in [1.54, 1.807) is 13.1 Å². The summed E-state index contributed by atoms with van der Waals surface area (Å²) in [6, 6.07) is 1.93. The van der Waals surface area contributed by atoms with Gasteiger partial charge in [-0.1, -0.05) is 6.92 Å². The average molecular weight is 277 g/mol. The number of aromatic nitrogens is 2. The lowest BCUT2D eigenvalue weighted by molar-refractivity contribution is -0.128. The van der Waals surface area contributed by atoms with Crippen LogP contribution < -0.4 is 10.2 Å². The molecule has 6 nitrogen and oxygen atoms in total. The van der Waals surface area contributed by atoms with Gasteiger partial charge < -0.3 is 15.1 Å². The van der Waals surface area contributed by atoms with Gasteiger partial charge in [0.25, 0.3) is 0 Å². The van der Waals surface area contributed by atoms with Crippen LogP contribution in [0.1, 0.15) is 26.7 Å². The summed E-state index contributed by atoms with van der Waals surface area (Å²) < 4.78 is 0. The smallest absolute Gasteiger partial charge is 0.224 e. The third-order valence-corrected chi connectivity index (χ3v) is 3.44. The summed E-state index contributed by atoms with van der Waals surface area (Å²) in [7, 11) is 0. The van der Waals surface area contributed by atoms with Gasteiger partial charge in [-0.25, -0.2) is 4.98 Å². The molecular formula is C14H23N5O. The maximum Gasteiger partial charge on any atom is 0.224 e. The summed E-state index contributed by atoms with van der Waals surface area (Å²) in [5.41, 5.74) is 0. The maximum atomic E-state index is 11.4. The first-order valence-corrected chi connectivity index (χ1v) is 7.28. The first-order chi connectivity index (χ1) is 9.70. The Labute approximate surface area is 120 Å². The molecule has 0 unspecified atom stereocenters. The van der Waals surface area contributed by atoms with Gasteiger partial charge in [-0.05, 0) is 18.9 Å². The summed E-state index contributed by atoms with van der Waals surface area (Å²) in [5, 5.41) is 3.20. The molecule has 1 N–H and O–H groups in total. The van der Waals surface area contributed by atoms with E-state index in [2.05, 4.69) is 27.1 Å². The molecule has 0 aliphatic carbocycles. The zero-order chi connectivity index (χ0) is 14.4. The Balaban J connectivity index is 2.02. The first-order valence-electron chi connectivity index (χ1n) is 7.28. The van der Waals surface area contributed by atoms with E-state index >= 15 is 0 Å². The molecular weight excluding hydrogens is 254 g/mol. The van der Waals surface area contributed by atoms with E-state index in [9.17, 15) is 4.79 Å². The van der Waals surface area contributed by atoms with Gasteiger partial charge in [0.2, 0.25) is 11.9 Å². The number of hydrogen-bond acceptors (Lipinski definition) is 5. The second-order valence-corrected chi connectivity index (χ2v) is 5.01. The van der Waals surface area contributed by atoms with Gasteiger partial charge in [0.05, 0.1) is 0 Å². The predicted octanol–water partition coefficient (Wildman–Crippen LogP) is 1.36. The number of rotatable bonds is 4. The van der Waals surface area contributed by atoms with Crippen molar-refractivity contribution in [2.75, 3.05) is 42.9 Å². The quantitative estimate of drug-likeness (QED) is 0.900. The monoisotopic (exact) mass is 277 g/mol. The first kappa shape index (κ1) is 14.6. The molecule has 2 rings (SSSR count). The summed E-state index contributed by atoms with van der Waals surface area (Å²) in [6.07, 6.45) is 3.81. The van der Waals surface area contributed by atoms with E-state index in [-0.39, 0.29) is 5.91 Å². The van der Waals surface area contributed by atoms with Crippen molar-refractivity contribution in [2.45, 2.75) is 26.7 Å². The molecule has 1 fully saturated rings. The van der Waals surface area contributed by atoms with E-state index in [0.29, 0.717) is 5.95 Å². The van der Waals surface area contributed by atoms with E-state index < -0.39 is 0 Å². The van der Waals surface area contributed by atoms with E-state index in [4.69, 9.17) is 0 Å². The summed E-state index contributed by atoms with van der Waals surface area (Å²) in [6.45, 7) is 7.96. The van der Waals surface area contributed by atoms with Crippen LogP contribution in [-0.2, 0) is 4.79 Å². The second kappa shape index (κ2) is 7.07. The van der Waals surface area contributed by atoms with Crippen LogP contribution in [0.3, 0.4) is 0 Å². The fourth-order valence-corrected chi connectivity index (χ4v) is 2.31. The van der Waals surface area contributed by atoms with Crippen molar-refractivity contribution in [2.24, 2.45) is 0 Å². The number of nitrogens with one attached hydrogen (secondary N) is 1. The molecule has 1 aliphatic rings. The number of nitrogens with zero attached hydrogens (tertiary/aromatic N) is 4. The minimum atomic E-state index is 0.153. The van der Waals surface area contributed by atoms with Crippen LogP contribution in [-0.4, -0.2) is 53.5 Å². The van der Waals surface area contributed by atoms with Crippen molar-refractivity contribution in [3.8, 4) is 0 Å². The van der Waals surface area contributed by atoms with Crippen LogP contribution in [0.4, 0.5) is 11.8 Å². The van der Waals surface area contributed by atoms with Crippen LogP contribution in [0, 0.1) is 0 Å². The number of carbonyl (C=O) groups is 1. The molecule has 2 heterocycles. The molecule has 1 saturated heterocycles. The van der Waals surface area contributed by atoms with E-state index in [1.165, 1.54) is 0 Å². The van der Waals surface area contributed by atoms with Crippen molar-refractivity contribution in [3.05, 3.63) is 12.3 Å². The molecule has 0 spiro atoms. The highest BCUT2D eigenvalue weighted by molar-refractivity contribution is 5.73. The van der Waals surface area contributed by atoms with Crippen LogP contribution in [0.25, 0.3) is 0 Å². The number of hydrogen-bond donors (Lipinski definition) is 1. The highest BCUT2D eigenvalue weighted by atomic mass is 16.2. The molecule has 1 aliphatic heterocycles. The maximum absolute atomic E-state index is 11.4. The lowest BCUT2D eigenvalue weighted by Gasteiger charge is -2.22. The van der Waals surface area contributed by atoms with E-state index in [1.807, 2.05) is 11.0 Å². The van der Waals surface area contributed by atoms with Crippen molar-refractivity contribution >= 4 is 17.7 Å². The van der Waals surface area contributed by atoms with Crippen molar-refractivity contribution in [3.63, 3.8) is 0 Å². The third kappa shape index (κ3) is 3.82. The second-order valence-electron chi connectivity index (χ2n) is 5.01. The van der Waals surface area contributed by atoms with Gasteiger partial charge in [0.15, 0.2) is 0 Å². The van der Waals surface area contributed by atoms with Gasteiger partial charge in [-0.15, -0.1) is 0 Å². The van der Waals surface area contributed by atoms with Gasteiger partial charge in [-0.2, -0.15) is 4.98 Å². The highest BCUT2D eigenvalue weighted by Gasteiger charge is 2.17. The summed E-state index contributed by atoms with van der Waals surface area (Å²) >= 11 is 0.